The van der Waals surface area contributed by atoms with E-state index in [4.69, 9.17) is 0 Å². The van der Waals surface area contributed by atoms with Gasteiger partial charge in [0.15, 0.2) is 0 Å². The van der Waals surface area contributed by atoms with Gasteiger partial charge in [-0.2, -0.15) is 0 Å². The molecule has 3 rings (SSSR count). The molecule has 2 aliphatic heterocycles. The summed E-state index contributed by atoms with van der Waals surface area (Å²) in [6, 6.07) is 0. The van der Waals surface area contributed by atoms with Crippen LogP contribution in [-0.4, -0.2) is 36.7 Å². The Balaban J connectivity index is 2.03. The van der Waals surface area contributed by atoms with E-state index in [1.165, 1.54) is 0 Å². The molecular weight excluding hydrogens is 284 g/mol. The fourth-order valence-electron chi connectivity index (χ4n) is 2.91. The number of allylic oxidation sites excluding steroid dienone is 2. The smallest absolute Gasteiger partial charge is 0.296 e. The van der Waals surface area contributed by atoms with Crippen LogP contribution in [0.15, 0.2) is 21.8 Å². The Morgan fingerprint density at radius 2 is 2.18 bits per heavy atom. The number of carbonyl (C=O) groups is 2. The third-order valence-electron chi connectivity index (χ3n) is 3.81. The van der Waals surface area contributed by atoms with E-state index in [2.05, 4.69) is 33.2 Å². The second kappa shape index (κ2) is 3.78. The first-order valence-electron chi connectivity index (χ1n) is 5.73. The molecule has 3 aliphatic rings. The summed E-state index contributed by atoms with van der Waals surface area (Å²) >= 11 is 3.55. The van der Waals surface area contributed by atoms with Crippen molar-refractivity contribution in [1.82, 2.24) is 10.2 Å². The molecule has 1 aliphatic carbocycles. The lowest BCUT2D eigenvalue weighted by atomic mass is 9.78. The first-order valence-corrected chi connectivity index (χ1v) is 6.52. The van der Waals surface area contributed by atoms with Gasteiger partial charge < -0.3 is 10.2 Å². The van der Waals surface area contributed by atoms with E-state index in [1.54, 1.807) is 0 Å². The number of piperidine rings is 1. The summed E-state index contributed by atoms with van der Waals surface area (Å²) in [5, 5.41) is 2.74. The van der Waals surface area contributed by atoms with Crippen LogP contribution in [0.25, 0.3) is 0 Å². The van der Waals surface area contributed by atoms with Crippen LogP contribution in [0.2, 0.25) is 0 Å². The summed E-state index contributed by atoms with van der Waals surface area (Å²) in [7, 11) is 2.07. The Morgan fingerprint density at radius 3 is 2.94 bits per heavy atom. The number of Topliss-reactive ketones (excluding diaryl/α,β-unsaturated/α-hetero) is 1. The number of nitrogens with zero attached hydrogens (tertiary/aromatic N) is 1. The highest BCUT2D eigenvalue weighted by atomic mass is 79.9. The molecule has 1 amide bonds. The second-order valence-corrected chi connectivity index (χ2v) is 5.82. The van der Waals surface area contributed by atoms with E-state index in [-0.39, 0.29) is 5.92 Å². The monoisotopic (exact) mass is 296 g/mol. The summed E-state index contributed by atoms with van der Waals surface area (Å²) < 4.78 is 1.05. The zero-order valence-electron chi connectivity index (χ0n) is 9.50. The van der Waals surface area contributed by atoms with Crippen molar-refractivity contribution < 1.29 is 9.59 Å². The molecule has 2 unspecified atom stereocenters. The van der Waals surface area contributed by atoms with Gasteiger partial charge in [-0.3, -0.25) is 9.59 Å². The van der Waals surface area contributed by atoms with Crippen molar-refractivity contribution >= 4 is 27.6 Å². The fraction of sp³-hybridized carbons (Fsp3) is 0.500. The number of amides is 1. The fourth-order valence-corrected chi connectivity index (χ4v) is 3.69. The molecule has 0 aromatic heterocycles. The van der Waals surface area contributed by atoms with Gasteiger partial charge in [-0.05, 0) is 30.6 Å². The van der Waals surface area contributed by atoms with Gasteiger partial charge in [0.2, 0.25) is 0 Å². The van der Waals surface area contributed by atoms with E-state index in [1.807, 2.05) is 6.08 Å². The van der Waals surface area contributed by atoms with Crippen LogP contribution in [0, 0.1) is 11.8 Å². The quantitative estimate of drug-likeness (QED) is 0.673. The Labute approximate surface area is 108 Å². The van der Waals surface area contributed by atoms with Crippen LogP contribution < -0.4 is 5.32 Å². The Morgan fingerprint density at radius 1 is 1.41 bits per heavy atom. The molecule has 0 saturated carbocycles. The number of halogens is 1. The van der Waals surface area contributed by atoms with Crippen LogP contribution in [0.5, 0.6) is 0 Å². The van der Waals surface area contributed by atoms with E-state index in [9.17, 15) is 9.59 Å². The van der Waals surface area contributed by atoms with Crippen molar-refractivity contribution in [3.8, 4) is 0 Å². The third kappa shape index (κ3) is 1.60. The largest absolute Gasteiger partial charge is 0.322 e. The van der Waals surface area contributed by atoms with Crippen molar-refractivity contribution in [3.63, 3.8) is 0 Å². The summed E-state index contributed by atoms with van der Waals surface area (Å²) in [5.41, 5.74) is 1.39. The molecule has 1 saturated heterocycles. The molecule has 2 heterocycles. The molecule has 4 nitrogen and oxygen atoms in total. The zero-order valence-corrected chi connectivity index (χ0v) is 11.1. The van der Waals surface area contributed by atoms with Gasteiger partial charge in [-0.1, -0.05) is 15.9 Å². The average Bonchev–Trinajstić information content (AvgIpc) is 2.57. The minimum Gasteiger partial charge on any atom is -0.322 e. The zero-order chi connectivity index (χ0) is 12.2. The summed E-state index contributed by atoms with van der Waals surface area (Å²) in [5.74, 6) is -0.251. The van der Waals surface area contributed by atoms with Gasteiger partial charge in [0.05, 0.1) is 0 Å². The number of rotatable bonds is 0. The number of fused-ring (bicyclic) bond motifs is 2. The number of hydrogen-bond donors (Lipinski definition) is 1. The lowest BCUT2D eigenvalue weighted by Gasteiger charge is -2.39. The third-order valence-corrected chi connectivity index (χ3v) is 4.63. The van der Waals surface area contributed by atoms with Gasteiger partial charge in [0, 0.05) is 29.7 Å². The first-order chi connectivity index (χ1) is 8.08. The van der Waals surface area contributed by atoms with Crippen LogP contribution in [0.4, 0.5) is 0 Å². The molecule has 17 heavy (non-hydrogen) atoms. The molecule has 90 valence electrons. The molecule has 1 N–H and O–H groups in total. The van der Waals surface area contributed by atoms with Gasteiger partial charge in [0.1, 0.15) is 0 Å². The molecule has 0 spiro atoms. The number of ketones is 1. The maximum atomic E-state index is 11.7. The predicted octanol–water partition coefficient (Wildman–Crippen LogP) is 0.800. The number of nitrogens with one attached hydrogen (secondary N) is 1. The van der Waals surface area contributed by atoms with E-state index < -0.39 is 11.7 Å². The van der Waals surface area contributed by atoms with Crippen LogP contribution in [0.3, 0.4) is 0 Å². The Hall–Kier alpha value is -0.940. The molecular formula is C12H13BrN2O2. The Kier molecular flexibility index (Phi) is 2.48. The minimum atomic E-state index is -0.486. The second-order valence-electron chi connectivity index (χ2n) is 4.90. The molecule has 0 bridgehead atoms. The molecule has 1 fully saturated rings. The highest BCUT2D eigenvalue weighted by molar-refractivity contribution is 9.11. The normalized spacial score (nSPS) is 33.2. The predicted molar refractivity (Wildman–Crippen MR) is 66.3 cm³/mol. The lowest BCUT2D eigenvalue weighted by Crippen LogP contribution is -2.42. The summed E-state index contributed by atoms with van der Waals surface area (Å²) in [6.45, 7) is 1.94. The summed E-state index contributed by atoms with van der Waals surface area (Å²) in [6.07, 6.45) is 2.88. The van der Waals surface area contributed by atoms with E-state index >= 15 is 0 Å². The van der Waals surface area contributed by atoms with Gasteiger partial charge in [-0.25, -0.2) is 0 Å². The summed E-state index contributed by atoms with van der Waals surface area (Å²) in [4.78, 5) is 25.4. The molecule has 5 heteroatoms. The van der Waals surface area contributed by atoms with E-state index in [0.29, 0.717) is 11.5 Å². The van der Waals surface area contributed by atoms with Crippen molar-refractivity contribution in [1.29, 1.82) is 0 Å². The van der Waals surface area contributed by atoms with Crippen LogP contribution in [0.1, 0.15) is 6.42 Å². The van der Waals surface area contributed by atoms with Crippen molar-refractivity contribution in [2.75, 3.05) is 20.1 Å². The average molecular weight is 297 g/mol. The number of carbonyl (C=O) groups excluding carboxylic acids is 2. The number of hydrogen-bond acceptors (Lipinski definition) is 3. The van der Waals surface area contributed by atoms with Gasteiger partial charge >= 0.3 is 0 Å². The lowest BCUT2D eigenvalue weighted by molar-refractivity contribution is -0.134. The Bertz CT molecular complexity index is 481. The first kappa shape index (κ1) is 11.2. The molecule has 0 aromatic carbocycles. The van der Waals surface area contributed by atoms with Crippen molar-refractivity contribution in [3.05, 3.63) is 21.8 Å². The maximum absolute atomic E-state index is 11.7. The van der Waals surface area contributed by atoms with Crippen molar-refractivity contribution in [2.24, 2.45) is 11.8 Å². The minimum absolute atomic E-state index is 0.235. The van der Waals surface area contributed by atoms with Crippen molar-refractivity contribution in [2.45, 2.75) is 6.42 Å². The molecule has 0 aromatic rings. The van der Waals surface area contributed by atoms with Crippen LogP contribution in [-0.2, 0) is 9.59 Å². The van der Waals surface area contributed by atoms with Gasteiger partial charge in [0.25, 0.3) is 11.7 Å². The molecule has 0 radical (unpaired) electrons. The standard InChI is InChI=1S/C12H13BrN2O2/c1-15-3-2-6-8(5-15)10-7(4-9(6)13)11(16)12(17)14-10/h4,6,8H,2-3,5H2,1H3,(H,14,16,17). The number of likely N-dealkylation sites (tertiary alicyclic amines) is 1. The highest BCUT2D eigenvalue weighted by Crippen LogP contribution is 2.42. The SMILES string of the molecule is CN1CCC2C(Br)=CC3=C(NC(=O)C3=O)C2C1. The van der Waals surface area contributed by atoms with E-state index in [0.717, 1.165) is 29.7 Å². The highest BCUT2D eigenvalue weighted by Gasteiger charge is 2.42. The maximum Gasteiger partial charge on any atom is 0.296 e. The van der Waals surface area contributed by atoms with Gasteiger partial charge in [-0.15, -0.1) is 0 Å². The van der Waals surface area contributed by atoms with Crippen LogP contribution >= 0.6 is 15.9 Å². The molecule has 2 atom stereocenters. The topological polar surface area (TPSA) is 49.4 Å².